The van der Waals surface area contributed by atoms with Crippen LogP contribution in [0.2, 0.25) is 0 Å². The Morgan fingerprint density at radius 1 is 1.61 bits per heavy atom. The first-order valence-electron chi connectivity index (χ1n) is 5.73. The Labute approximate surface area is 104 Å². The summed E-state index contributed by atoms with van der Waals surface area (Å²) in [6, 6.07) is 0. The Kier molecular flexibility index (Phi) is 3.61. The number of anilines is 1. The SMILES string of the molecule is Cc1[nH]nc(N)c1C(=O)NCCCn1ccnc1. The molecule has 4 N–H and O–H groups in total. The molecule has 7 nitrogen and oxygen atoms in total. The van der Waals surface area contributed by atoms with Crippen LogP contribution in [0.4, 0.5) is 5.82 Å². The second-order valence-corrected chi connectivity index (χ2v) is 4.02. The lowest BCUT2D eigenvalue weighted by Crippen LogP contribution is -2.26. The van der Waals surface area contributed by atoms with E-state index in [0.29, 0.717) is 17.8 Å². The number of rotatable bonds is 5. The first kappa shape index (κ1) is 12.2. The van der Waals surface area contributed by atoms with Gasteiger partial charge >= 0.3 is 0 Å². The van der Waals surface area contributed by atoms with Gasteiger partial charge in [0.05, 0.1) is 6.33 Å². The molecular weight excluding hydrogens is 232 g/mol. The molecule has 0 fully saturated rings. The van der Waals surface area contributed by atoms with Crippen molar-refractivity contribution >= 4 is 11.7 Å². The number of aromatic nitrogens is 4. The van der Waals surface area contributed by atoms with Crippen LogP contribution in [0.1, 0.15) is 22.5 Å². The normalized spacial score (nSPS) is 10.5. The number of hydrogen-bond donors (Lipinski definition) is 3. The van der Waals surface area contributed by atoms with Crippen LogP contribution in [-0.2, 0) is 6.54 Å². The van der Waals surface area contributed by atoms with Crippen LogP contribution in [0.5, 0.6) is 0 Å². The number of amides is 1. The molecule has 0 radical (unpaired) electrons. The summed E-state index contributed by atoms with van der Waals surface area (Å²) < 4.78 is 1.96. The van der Waals surface area contributed by atoms with Crippen molar-refractivity contribution in [1.82, 2.24) is 25.1 Å². The third-order valence-electron chi connectivity index (χ3n) is 2.64. The highest BCUT2D eigenvalue weighted by Crippen LogP contribution is 2.11. The molecule has 7 heteroatoms. The van der Waals surface area contributed by atoms with E-state index in [2.05, 4.69) is 20.5 Å². The topological polar surface area (TPSA) is 102 Å². The summed E-state index contributed by atoms with van der Waals surface area (Å²) in [5.41, 5.74) is 6.72. The minimum Gasteiger partial charge on any atom is -0.382 e. The summed E-state index contributed by atoms with van der Waals surface area (Å²) in [7, 11) is 0. The summed E-state index contributed by atoms with van der Waals surface area (Å²) in [4.78, 5) is 15.8. The Hall–Kier alpha value is -2.31. The number of aryl methyl sites for hydroxylation is 2. The highest BCUT2D eigenvalue weighted by Gasteiger charge is 2.15. The molecule has 0 saturated carbocycles. The monoisotopic (exact) mass is 248 g/mol. The minimum absolute atomic E-state index is 0.190. The Bertz CT molecular complexity index is 496. The molecule has 0 aliphatic heterocycles. The molecule has 1 amide bonds. The van der Waals surface area contributed by atoms with Gasteiger partial charge in [0, 0.05) is 31.2 Å². The second-order valence-electron chi connectivity index (χ2n) is 4.02. The Morgan fingerprint density at radius 2 is 2.44 bits per heavy atom. The zero-order valence-electron chi connectivity index (χ0n) is 10.2. The fraction of sp³-hybridized carbons (Fsp3) is 0.364. The average molecular weight is 248 g/mol. The Balaban J connectivity index is 1.79. The summed E-state index contributed by atoms with van der Waals surface area (Å²) >= 11 is 0. The average Bonchev–Trinajstić information content (AvgIpc) is 2.95. The summed E-state index contributed by atoms with van der Waals surface area (Å²) in [6.07, 6.45) is 6.20. The maximum atomic E-state index is 11.8. The largest absolute Gasteiger partial charge is 0.382 e. The van der Waals surface area contributed by atoms with Crippen molar-refractivity contribution in [2.75, 3.05) is 12.3 Å². The van der Waals surface area contributed by atoms with E-state index in [-0.39, 0.29) is 11.7 Å². The molecule has 18 heavy (non-hydrogen) atoms. The van der Waals surface area contributed by atoms with E-state index in [9.17, 15) is 4.79 Å². The smallest absolute Gasteiger partial charge is 0.256 e. The number of carbonyl (C=O) groups is 1. The van der Waals surface area contributed by atoms with E-state index in [1.54, 1.807) is 19.4 Å². The predicted octanol–water partition coefficient (Wildman–Crippen LogP) is 0.317. The predicted molar refractivity (Wildman–Crippen MR) is 66.9 cm³/mol. The molecule has 2 aromatic rings. The molecule has 0 aliphatic rings. The van der Waals surface area contributed by atoms with Crippen LogP contribution in [-0.4, -0.2) is 32.2 Å². The van der Waals surface area contributed by atoms with Gasteiger partial charge in [0.15, 0.2) is 5.82 Å². The molecule has 0 unspecified atom stereocenters. The summed E-state index contributed by atoms with van der Waals surface area (Å²) in [5.74, 6) is 0.0454. The third kappa shape index (κ3) is 2.68. The number of imidazole rings is 1. The molecule has 0 aromatic carbocycles. The van der Waals surface area contributed by atoms with E-state index in [0.717, 1.165) is 13.0 Å². The number of nitrogens with one attached hydrogen (secondary N) is 2. The first-order chi connectivity index (χ1) is 8.68. The van der Waals surface area contributed by atoms with Crippen LogP contribution < -0.4 is 11.1 Å². The van der Waals surface area contributed by atoms with Gasteiger partial charge in [0.1, 0.15) is 5.56 Å². The van der Waals surface area contributed by atoms with Crippen LogP contribution in [0.15, 0.2) is 18.7 Å². The molecule has 0 bridgehead atoms. The minimum atomic E-state index is -0.190. The first-order valence-corrected chi connectivity index (χ1v) is 5.73. The van der Waals surface area contributed by atoms with Crippen molar-refractivity contribution in [2.24, 2.45) is 0 Å². The van der Waals surface area contributed by atoms with Crippen LogP contribution in [0, 0.1) is 6.92 Å². The zero-order chi connectivity index (χ0) is 13.0. The van der Waals surface area contributed by atoms with Gasteiger partial charge in [0.2, 0.25) is 0 Å². The van der Waals surface area contributed by atoms with Gasteiger partial charge in [0.25, 0.3) is 5.91 Å². The number of aromatic amines is 1. The van der Waals surface area contributed by atoms with Gasteiger partial charge in [-0.05, 0) is 13.3 Å². The number of hydrogen-bond acceptors (Lipinski definition) is 4. The standard InChI is InChI=1S/C11H16N6O/c1-8-9(10(12)16-15-8)11(18)14-3-2-5-17-6-4-13-7-17/h4,6-7H,2-3,5H2,1H3,(H,14,18)(H3,12,15,16). The van der Waals surface area contributed by atoms with Gasteiger partial charge in [-0.3, -0.25) is 9.89 Å². The highest BCUT2D eigenvalue weighted by molar-refractivity contribution is 5.99. The molecule has 96 valence electrons. The van der Waals surface area contributed by atoms with Crippen molar-refractivity contribution < 1.29 is 4.79 Å². The fourth-order valence-electron chi connectivity index (χ4n) is 1.71. The van der Waals surface area contributed by atoms with Gasteiger partial charge in [-0.2, -0.15) is 5.10 Å². The molecule has 0 aliphatic carbocycles. The van der Waals surface area contributed by atoms with Crippen molar-refractivity contribution in [2.45, 2.75) is 19.9 Å². The number of nitrogen functional groups attached to an aromatic ring is 1. The quantitative estimate of drug-likeness (QED) is 0.663. The van der Waals surface area contributed by atoms with Crippen molar-refractivity contribution in [3.63, 3.8) is 0 Å². The molecular formula is C11H16N6O. The highest BCUT2D eigenvalue weighted by atomic mass is 16.1. The van der Waals surface area contributed by atoms with Crippen molar-refractivity contribution in [3.8, 4) is 0 Å². The summed E-state index contributed by atoms with van der Waals surface area (Å²) in [5, 5.41) is 9.28. The van der Waals surface area contributed by atoms with Crippen molar-refractivity contribution in [1.29, 1.82) is 0 Å². The van der Waals surface area contributed by atoms with Crippen LogP contribution in [0.25, 0.3) is 0 Å². The van der Waals surface area contributed by atoms with E-state index in [1.807, 2.05) is 10.8 Å². The zero-order valence-corrected chi connectivity index (χ0v) is 10.2. The molecule has 2 rings (SSSR count). The molecule has 0 saturated heterocycles. The molecule has 0 spiro atoms. The van der Waals surface area contributed by atoms with E-state index in [4.69, 9.17) is 5.73 Å². The maximum Gasteiger partial charge on any atom is 0.256 e. The molecule has 2 heterocycles. The second kappa shape index (κ2) is 5.35. The molecule has 0 atom stereocenters. The number of H-pyrrole nitrogens is 1. The van der Waals surface area contributed by atoms with Gasteiger partial charge < -0.3 is 15.6 Å². The number of nitrogens with zero attached hydrogens (tertiary/aromatic N) is 3. The number of carbonyl (C=O) groups excluding carboxylic acids is 1. The maximum absolute atomic E-state index is 11.8. The molecule has 2 aromatic heterocycles. The van der Waals surface area contributed by atoms with Crippen LogP contribution >= 0.6 is 0 Å². The lowest BCUT2D eigenvalue weighted by Gasteiger charge is -2.05. The van der Waals surface area contributed by atoms with E-state index in [1.165, 1.54) is 0 Å². The lowest BCUT2D eigenvalue weighted by atomic mass is 10.2. The van der Waals surface area contributed by atoms with Crippen LogP contribution in [0.3, 0.4) is 0 Å². The van der Waals surface area contributed by atoms with Gasteiger partial charge in [-0.15, -0.1) is 0 Å². The summed E-state index contributed by atoms with van der Waals surface area (Å²) in [6.45, 7) is 3.17. The van der Waals surface area contributed by atoms with E-state index >= 15 is 0 Å². The third-order valence-corrected chi connectivity index (χ3v) is 2.64. The van der Waals surface area contributed by atoms with Gasteiger partial charge in [-0.1, -0.05) is 0 Å². The van der Waals surface area contributed by atoms with Crippen molar-refractivity contribution in [3.05, 3.63) is 30.0 Å². The number of nitrogens with two attached hydrogens (primary N) is 1. The van der Waals surface area contributed by atoms with E-state index < -0.39 is 0 Å². The lowest BCUT2D eigenvalue weighted by molar-refractivity contribution is 0.0953. The van der Waals surface area contributed by atoms with Gasteiger partial charge in [-0.25, -0.2) is 4.98 Å². The fourth-order valence-corrected chi connectivity index (χ4v) is 1.71. The Morgan fingerprint density at radius 3 is 3.06 bits per heavy atom.